The zero-order valence-electron chi connectivity index (χ0n) is 35.0. The number of imide groups is 1. The Balaban J connectivity index is 0.754. The van der Waals surface area contributed by atoms with Crippen molar-refractivity contribution in [3.63, 3.8) is 0 Å². The normalized spacial score (nSPS) is 22.8. The minimum Gasteiger partial charge on any atom is -0.389 e. The van der Waals surface area contributed by atoms with Gasteiger partial charge in [-0.05, 0) is 94.7 Å². The first-order valence-electron chi connectivity index (χ1n) is 21.7. The Kier molecular flexibility index (Phi) is 12.7. The maximum atomic E-state index is 13.9. The summed E-state index contributed by atoms with van der Waals surface area (Å²) in [5.74, 6) is -0.214. The maximum Gasteiger partial charge on any atom is 0.419 e. The number of hydrogen-bond donors (Lipinski definition) is 3. The number of benzene rings is 1. The minimum absolute atomic E-state index is 0.00266. The molecule has 0 bridgehead atoms. The molecule has 3 aromatic rings. The fourth-order valence-electron chi connectivity index (χ4n) is 9.61. The van der Waals surface area contributed by atoms with E-state index < -0.39 is 17.3 Å². The van der Waals surface area contributed by atoms with Gasteiger partial charge in [-0.2, -0.15) is 18.3 Å². The van der Waals surface area contributed by atoms with Crippen molar-refractivity contribution in [2.24, 2.45) is 11.3 Å². The number of halogens is 3. The molecule has 61 heavy (non-hydrogen) atoms. The van der Waals surface area contributed by atoms with Gasteiger partial charge in [0.25, 0.3) is 0 Å². The van der Waals surface area contributed by atoms with E-state index in [2.05, 4.69) is 56.2 Å². The lowest BCUT2D eigenvalue weighted by molar-refractivity contribution is -0.139. The SMILES string of the molecule is CC(C)(O)Cn1cc(-c2nc(NC3CCN(SN4CCC(C(=O)N5CCC6(CC5)CCN(c5cccc(C7CCC(=O)NC7=O)c5)CC6)CC4)CC3)ncc2C(F)(F)F)cn1. The van der Waals surface area contributed by atoms with E-state index in [4.69, 9.17) is 0 Å². The Morgan fingerprint density at radius 1 is 0.934 bits per heavy atom. The summed E-state index contributed by atoms with van der Waals surface area (Å²) >= 11 is 1.73. The molecule has 18 heteroatoms. The number of anilines is 2. The van der Waals surface area contributed by atoms with Gasteiger partial charge >= 0.3 is 6.18 Å². The van der Waals surface area contributed by atoms with E-state index in [9.17, 15) is 32.7 Å². The Hall–Kier alpha value is -4.26. The Labute approximate surface area is 359 Å². The van der Waals surface area contributed by atoms with Gasteiger partial charge in [-0.1, -0.05) is 12.1 Å². The van der Waals surface area contributed by atoms with E-state index in [1.807, 2.05) is 12.1 Å². The van der Waals surface area contributed by atoms with Crippen molar-refractivity contribution in [2.45, 2.75) is 108 Å². The molecule has 1 unspecified atom stereocenters. The Morgan fingerprint density at radius 2 is 1.61 bits per heavy atom. The standard InChI is InChI=1S/C43H57F3N10O4S/c1-41(2,60)28-54-27-31(25-48-54)37-35(43(44,45)46)26-47-40(51-37)49-32-10-18-56(19-11-32)61-55-16-8-29(9-17-55)39(59)53-22-14-42(15-23-53)12-20-52(21-13-42)33-5-3-4-30(24-33)34-6-7-36(57)50-38(34)58/h3-5,24-27,29,32,34,60H,6-23,28H2,1-2H3,(H,47,49,51)(H,50,57,58). The summed E-state index contributed by atoms with van der Waals surface area (Å²) in [5, 5.41) is 20.0. The molecule has 2 aromatic heterocycles. The van der Waals surface area contributed by atoms with Gasteiger partial charge in [0.1, 0.15) is 5.56 Å². The molecule has 3 N–H and O–H groups in total. The number of rotatable bonds is 10. The van der Waals surface area contributed by atoms with Crippen molar-refractivity contribution in [1.29, 1.82) is 0 Å². The van der Waals surface area contributed by atoms with Crippen LogP contribution >= 0.6 is 12.1 Å². The van der Waals surface area contributed by atoms with Gasteiger partial charge in [-0.3, -0.25) is 24.4 Å². The highest BCUT2D eigenvalue weighted by molar-refractivity contribution is 7.94. The number of aliphatic hydroxyl groups is 1. The molecule has 330 valence electrons. The predicted octanol–water partition coefficient (Wildman–Crippen LogP) is 5.71. The van der Waals surface area contributed by atoms with Gasteiger partial charge in [0.15, 0.2) is 0 Å². The van der Waals surface area contributed by atoms with Crippen LogP contribution in [0.4, 0.5) is 24.8 Å². The second-order valence-corrected chi connectivity index (χ2v) is 19.4. The van der Waals surface area contributed by atoms with Gasteiger partial charge in [-0.25, -0.2) is 18.6 Å². The molecule has 5 aliphatic rings. The molecule has 1 spiro atoms. The van der Waals surface area contributed by atoms with Crippen molar-refractivity contribution < 1.29 is 32.7 Å². The average Bonchev–Trinajstić information content (AvgIpc) is 3.69. The number of carbonyl (C=O) groups excluding carboxylic acids is 3. The van der Waals surface area contributed by atoms with E-state index in [0.717, 1.165) is 121 Å². The van der Waals surface area contributed by atoms with E-state index >= 15 is 0 Å². The third-order valence-electron chi connectivity index (χ3n) is 13.2. The first-order valence-corrected chi connectivity index (χ1v) is 22.4. The van der Waals surface area contributed by atoms with E-state index in [1.54, 1.807) is 26.0 Å². The Bertz CT molecular complexity index is 2040. The number of alkyl halides is 3. The van der Waals surface area contributed by atoms with Gasteiger partial charge < -0.3 is 20.2 Å². The van der Waals surface area contributed by atoms with Crippen molar-refractivity contribution in [1.82, 2.24) is 38.6 Å². The summed E-state index contributed by atoms with van der Waals surface area (Å²) in [7, 11) is 0. The zero-order valence-corrected chi connectivity index (χ0v) is 35.8. The van der Waals surface area contributed by atoms with Crippen LogP contribution in [0.25, 0.3) is 11.3 Å². The molecule has 8 rings (SSSR count). The number of nitrogens with one attached hydrogen (secondary N) is 2. The van der Waals surface area contributed by atoms with Crippen LogP contribution in [0.15, 0.2) is 42.9 Å². The van der Waals surface area contributed by atoms with Crippen molar-refractivity contribution in [3.8, 4) is 11.3 Å². The number of amides is 3. The van der Waals surface area contributed by atoms with Crippen LogP contribution in [0.2, 0.25) is 0 Å². The van der Waals surface area contributed by atoms with Crippen molar-refractivity contribution >= 4 is 41.5 Å². The lowest BCUT2D eigenvalue weighted by Crippen LogP contribution is -2.50. The molecule has 1 atom stereocenters. The lowest BCUT2D eigenvalue weighted by Gasteiger charge is -2.48. The molecule has 5 fully saturated rings. The molecular formula is C43H57F3N10O4S. The predicted molar refractivity (Wildman–Crippen MR) is 226 cm³/mol. The number of nitrogens with zero attached hydrogens (tertiary/aromatic N) is 8. The number of carbonyl (C=O) groups is 3. The van der Waals surface area contributed by atoms with Crippen LogP contribution in [0.5, 0.6) is 0 Å². The summed E-state index contributed by atoms with van der Waals surface area (Å²) in [6.45, 7) is 10.1. The second-order valence-electron chi connectivity index (χ2n) is 18.2. The van der Waals surface area contributed by atoms with Crippen LogP contribution in [0.3, 0.4) is 0 Å². The maximum absolute atomic E-state index is 13.9. The average molecular weight is 867 g/mol. The van der Waals surface area contributed by atoms with Gasteiger partial charge in [0, 0.05) is 107 Å². The molecule has 0 radical (unpaired) electrons. The molecule has 0 aliphatic carbocycles. The second kappa shape index (κ2) is 17.8. The van der Waals surface area contributed by atoms with Gasteiger partial charge in [-0.15, -0.1) is 0 Å². The number of aromatic nitrogens is 4. The molecule has 0 saturated carbocycles. The third-order valence-corrected chi connectivity index (χ3v) is 14.4. The summed E-state index contributed by atoms with van der Waals surface area (Å²) in [6, 6.07) is 8.23. The fraction of sp³-hybridized carbons (Fsp3) is 0.628. The summed E-state index contributed by atoms with van der Waals surface area (Å²) in [6.07, 6.45) is 7.33. The quantitative estimate of drug-likeness (QED) is 0.169. The van der Waals surface area contributed by atoms with E-state index in [0.29, 0.717) is 18.7 Å². The topological polar surface area (TPSA) is 152 Å². The van der Waals surface area contributed by atoms with Gasteiger partial charge in [0.2, 0.25) is 23.7 Å². The molecule has 14 nitrogen and oxygen atoms in total. The summed E-state index contributed by atoms with van der Waals surface area (Å²) in [4.78, 5) is 50.7. The van der Waals surface area contributed by atoms with Gasteiger partial charge in [0.05, 0.1) is 30.0 Å². The van der Waals surface area contributed by atoms with Crippen molar-refractivity contribution in [3.05, 3.63) is 54.0 Å². The number of piperidine rings is 5. The lowest BCUT2D eigenvalue weighted by atomic mass is 9.71. The molecule has 5 aliphatic heterocycles. The van der Waals surface area contributed by atoms with Crippen LogP contribution in [0.1, 0.15) is 95.1 Å². The molecule has 3 amide bonds. The minimum atomic E-state index is -4.65. The monoisotopic (exact) mass is 866 g/mol. The highest BCUT2D eigenvalue weighted by atomic mass is 32.2. The van der Waals surface area contributed by atoms with Crippen LogP contribution in [-0.2, 0) is 27.1 Å². The largest absolute Gasteiger partial charge is 0.419 e. The van der Waals surface area contributed by atoms with E-state index in [-0.39, 0.29) is 58.9 Å². The highest BCUT2D eigenvalue weighted by Gasteiger charge is 2.41. The smallest absolute Gasteiger partial charge is 0.389 e. The van der Waals surface area contributed by atoms with Crippen molar-refractivity contribution in [2.75, 3.05) is 62.6 Å². The summed E-state index contributed by atoms with van der Waals surface area (Å²) in [5.41, 5.74) is 0.271. The molecule has 5 saturated heterocycles. The molecular weight excluding hydrogens is 810 g/mol. The van der Waals surface area contributed by atoms with E-state index in [1.165, 1.54) is 17.1 Å². The number of hydrogen-bond acceptors (Lipinski definition) is 12. The fourth-order valence-corrected chi connectivity index (χ4v) is 10.7. The highest BCUT2D eigenvalue weighted by Crippen LogP contribution is 2.43. The third kappa shape index (κ3) is 10.5. The van der Waals surface area contributed by atoms with Crippen LogP contribution < -0.4 is 15.5 Å². The molecule has 7 heterocycles. The number of likely N-dealkylation sites (tertiary alicyclic amines) is 1. The first-order chi connectivity index (χ1) is 29.1. The van der Waals surface area contributed by atoms with Crippen LogP contribution in [-0.4, -0.2) is 120 Å². The van der Waals surface area contributed by atoms with Crippen LogP contribution in [0, 0.1) is 11.3 Å². The zero-order chi connectivity index (χ0) is 42.9. The first kappa shape index (κ1) is 43.4. The Morgan fingerprint density at radius 3 is 2.26 bits per heavy atom. The molecule has 1 aromatic carbocycles. The summed E-state index contributed by atoms with van der Waals surface area (Å²) < 4.78 is 47.9.